The number of halogens is 3. The maximum Gasteiger partial charge on any atom is 0.416 e. The third-order valence-electron chi connectivity index (χ3n) is 5.61. The molecular formula is C25H34F3N3O4. The van der Waals surface area contributed by atoms with Crippen LogP contribution in [0.1, 0.15) is 62.2 Å². The Bertz CT molecular complexity index is 1010. The van der Waals surface area contributed by atoms with Crippen molar-refractivity contribution in [2.75, 3.05) is 25.6 Å². The van der Waals surface area contributed by atoms with Crippen LogP contribution in [0.5, 0.6) is 5.75 Å². The molecule has 0 aliphatic carbocycles. The molecule has 35 heavy (non-hydrogen) atoms. The van der Waals surface area contributed by atoms with Gasteiger partial charge in [0, 0.05) is 19.8 Å². The Morgan fingerprint density at radius 2 is 2.03 bits per heavy atom. The molecule has 2 atom stereocenters. The van der Waals surface area contributed by atoms with E-state index in [1.54, 1.807) is 17.7 Å². The van der Waals surface area contributed by atoms with Gasteiger partial charge in [0.25, 0.3) is 5.91 Å². The predicted octanol–water partition coefficient (Wildman–Crippen LogP) is 5.34. The number of rotatable bonds is 9. The first-order valence-electron chi connectivity index (χ1n) is 11.7. The standard InChI is InChI=1S/C25H34F3N3O4/c1-16(33-5)15-35-21-9-8-17(25(26,27)28)11-20(21)23(32)29-22-12-18(13-24(2,3)4)30-31(22)14-19-7-6-10-34-19/h8-9,11-12,16,19H,6-7,10,13-15H2,1-5H3,(H,29,32)/t16-,19+/m0/s1. The van der Waals surface area contributed by atoms with Crippen LogP contribution in [0.25, 0.3) is 0 Å². The topological polar surface area (TPSA) is 74.6 Å². The summed E-state index contributed by atoms with van der Waals surface area (Å²) in [5, 5.41) is 7.40. The number of nitrogens with one attached hydrogen (secondary N) is 1. The first kappa shape index (κ1) is 27.0. The monoisotopic (exact) mass is 497 g/mol. The molecule has 1 N–H and O–H groups in total. The Morgan fingerprint density at radius 1 is 1.29 bits per heavy atom. The first-order chi connectivity index (χ1) is 16.4. The van der Waals surface area contributed by atoms with Crippen molar-refractivity contribution in [3.8, 4) is 5.75 Å². The van der Waals surface area contributed by atoms with Gasteiger partial charge in [-0.15, -0.1) is 0 Å². The van der Waals surface area contributed by atoms with Crippen LogP contribution in [-0.4, -0.2) is 48.2 Å². The van der Waals surface area contributed by atoms with Gasteiger partial charge < -0.3 is 19.5 Å². The number of ether oxygens (including phenoxy) is 3. The van der Waals surface area contributed by atoms with Crippen LogP contribution in [-0.2, 0) is 28.6 Å². The fraction of sp³-hybridized carbons (Fsp3) is 0.600. The lowest BCUT2D eigenvalue weighted by atomic mass is 9.91. The Labute approximate surface area is 203 Å². The molecule has 1 aromatic carbocycles. The lowest BCUT2D eigenvalue weighted by Crippen LogP contribution is -2.22. The summed E-state index contributed by atoms with van der Waals surface area (Å²) in [6.07, 6.45) is -2.44. The van der Waals surface area contributed by atoms with E-state index in [2.05, 4.69) is 31.2 Å². The second-order valence-electron chi connectivity index (χ2n) is 10.1. The molecule has 2 heterocycles. The summed E-state index contributed by atoms with van der Waals surface area (Å²) in [6, 6.07) is 4.62. The molecule has 0 bridgehead atoms. The van der Waals surface area contributed by atoms with E-state index >= 15 is 0 Å². The minimum atomic E-state index is -4.60. The molecule has 0 unspecified atom stereocenters. The van der Waals surface area contributed by atoms with E-state index in [9.17, 15) is 18.0 Å². The quantitative estimate of drug-likeness (QED) is 0.507. The van der Waals surface area contributed by atoms with Crippen LogP contribution in [0.2, 0.25) is 0 Å². The van der Waals surface area contributed by atoms with Crippen molar-refractivity contribution in [3.63, 3.8) is 0 Å². The zero-order valence-electron chi connectivity index (χ0n) is 20.9. The molecule has 3 rings (SSSR count). The van der Waals surface area contributed by atoms with Crippen LogP contribution in [0, 0.1) is 5.41 Å². The zero-order valence-corrected chi connectivity index (χ0v) is 20.9. The van der Waals surface area contributed by atoms with Crippen LogP contribution < -0.4 is 10.1 Å². The van der Waals surface area contributed by atoms with Crippen molar-refractivity contribution < 1.29 is 32.2 Å². The zero-order chi connectivity index (χ0) is 25.8. The van der Waals surface area contributed by atoms with Crippen molar-refractivity contribution in [3.05, 3.63) is 41.1 Å². The number of aromatic nitrogens is 2. The molecule has 1 amide bonds. The van der Waals surface area contributed by atoms with E-state index in [1.807, 2.05) is 0 Å². The molecular weight excluding hydrogens is 463 g/mol. The van der Waals surface area contributed by atoms with Gasteiger partial charge in [-0.25, -0.2) is 4.68 Å². The lowest BCUT2D eigenvalue weighted by Gasteiger charge is -2.17. The molecule has 1 aromatic heterocycles. The second-order valence-corrected chi connectivity index (χ2v) is 10.1. The van der Waals surface area contributed by atoms with Gasteiger partial charge in [0.15, 0.2) is 0 Å². The van der Waals surface area contributed by atoms with Gasteiger partial charge in [0.1, 0.15) is 18.2 Å². The number of amides is 1. The van der Waals surface area contributed by atoms with Crippen molar-refractivity contribution >= 4 is 11.7 Å². The fourth-order valence-corrected chi connectivity index (χ4v) is 3.79. The number of nitrogens with zero attached hydrogens (tertiary/aromatic N) is 2. The summed E-state index contributed by atoms with van der Waals surface area (Å²) in [4.78, 5) is 13.3. The SMILES string of the molecule is CO[C@@H](C)COc1ccc(C(F)(F)F)cc1C(=O)Nc1cc(CC(C)(C)C)nn1C[C@H]1CCCO1. The summed E-state index contributed by atoms with van der Waals surface area (Å²) in [5.74, 6) is -0.273. The largest absolute Gasteiger partial charge is 0.490 e. The molecule has 7 nitrogen and oxygen atoms in total. The van der Waals surface area contributed by atoms with E-state index in [4.69, 9.17) is 14.2 Å². The van der Waals surface area contributed by atoms with Crippen molar-refractivity contribution in [2.45, 2.75) is 71.9 Å². The van der Waals surface area contributed by atoms with E-state index in [0.717, 1.165) is 36.7 Å². The van der Waals surface area contributed by atoms with Gasteiger partial charge >= 0.3 is 6.18 Å². The third-order valence-corrected chi connectivity index (χ3v) is 5.61. The average Bonchev–Trinajstić information content (AvgIpc) is 3.40. The van der Waals surface area contributed by atoms with E-state index in [1.165, 1.54) is 7.11 Å². The molecule has 0 saturated carbocycles. The Balaban J connectivity index is 1.91. The van der Waals surface area contributed by atoms with E-state index in [0.29, 0.717) is 25.4 Å². The van der Waals surface area contributed by atoms with Crippen molar-refractivity contribution in [1.29, 1.82) is 0 Å². The van der Waals surface area contributed by atoms with Gasteiger partial charge in [-0.05, 0) is 49.8 Å². The summed E-state index contributed by atoms with van der Waals surface area (Å²) < 4.78 is 58.3. The first-order valence-corrected chi connectivity index (χ1v) is 11.7. The van der Waals surface area contributed by atoms with Crippen LogP contribution in [0.3, 0.4) is 0 Å². The minimum absolute atomic E-state index is 0.0315. The van der Waals surface area contributed by atoms with Crippen molar-refractivity contribution in [1.82, 2.24) is 9.78 Å². The number of carbonyl (C=O) groups is 1. The van der Waals surface area contributed by atoms with Gasteiger partial charge in [0.2, 0.25) is 0 Å². The molecule has 1 aliphatic rings. The smallest absolute Gasteiger partial charge is 0.416 e. The number of methoxy groups -OCH3 is 1. The number of hydrogen-bond acceptors (Lipinski definition) is 5. The molecule has 2 aromatic rings. The third kappa shape index (κ3) is 7.70. The highest BCUT2D eigenvalue weighted by Crippen LogP contribution is 2.33. The summed E-state index contributed by atoms with van der Waals surface area (Å²) >= 11 is 0. The number of benzene rings is 1. The number of alkyl halides is 3. The Kier molecular flexibility index (Phi) is 8.48. The molecule has 0 radical (unpaired) electrons. The van der Waals surface area contributed by atoms with Gasteiger partial charge in [-0.3, -0.25) is 4.79 Å². The van der Waals surface area contributed by atoms with Crippen LogP contribution in [0.15, 0.2) is 24.3 Å². The number of carbonyl (C=O) groups excluding carboxylic acids is 1. The molecule has 194 valence electrons. The van der Waals surface area contributed by atoms with E-state index in [-0.39, 0.29) is 35.5 Å². The summed E-state index contributed by atoms with van der Waals surface area (Å²) in [6.45, 7) is 9.19. The van der Waals surface area contributed by atoms with Crippen LogP contribution in [0.4, 0.5) is 19.0 Å². The highest BCUT2D eigenvalue weighted by molar-refractivity contribution is 6.06. The number of hydrogen-bond donors (Lipinski definition) is 1. The molecule has 1 saturated heterocycles. The van der Waals surface area contributed by atoms with E-state index < -0.39 is 17.6 Å². The van der Waals surface area contributed by atoms with Gasteiger partial charge in [-0.2, -0.15) is 18.3 Å². The maximum absolute atomic E-state index is 13.4. The number of anilines is 1. The summed E-state index contributed by atoms with van der Waals surface area (Å²) in [7, 11) is 1.50. The molecule has 1 fully saturated rings. The second kappa shape index (κ2) is 11.0. The van der Waals surface area contributed by atoms with Gasteiger partial charge in [0.05, 0.1) is 35.6 Å². The average molecular weight is 498 g/mol. The molecule has 10 heteroatoms. The highest BCUT2D eigenvalue weighted by Gasteiger charge is 2.32. The lowest BCUT2D eigenvalue weighted by molar-refractivity contribution is -0.137. The predicted molar refractivity (Wildman–Crippen MR) is 126 cm³/mol. The van der Waals surface area contributed by atoms with Crippen molar-refractivity contribution in [2.24, 2.45) is 5.41 Å². The maximum atomic E-state index is 13.4. The highest BCUT2D eigenvalue weighted by atomic mass is 19.4. The van der Waals surface area contributed by atoms with Crippen LogP contribution >= 0.6 is 0 Å². The minimum Gasteiger partial charge on any atom is -0.490 e. The summed E-state index contributed by atoms with van der Waals surface area (Å²) in [5.41, 5.74) is -0.411. The Morgan fingerprint density at radius 3 is 2.63 bits per heavy atom. The fourth-order valence-electron chi connectivity index (χ4n) is 3.79. The Hall–Kier alpha value is -2.59. The molecule has 0 spiro atoms. The normalized spacial score (nSPS) is 17.4. The molecule has 1 aliphatic heterocycles. The van der Waals surface area contributed by atoms with Gasteiger partial charge in [-0.1, -0.05) is 20.8 Å².